The minimum atomic E-state index is -1.06. The second-order valence-electron chi connectivity index (χ2n) is 5.17. The smallest absolute Gasteiger partial charge is 0.323 e. The molecule has 1 rings (SSSR count). The third kappa shape index (κ3) is 3.91. The first-order chi connectivity index (χ1) is 9.72. The zero-order valence-electron chi connectivity index (χ0n) is 12.6. The average Bonchev–Trinajstić information content (AvgIpc) is 2.43. The van der Waals surface area contributed by atoms with Gasteiger partial charge in [-0.15, -0.1) is 0 Å². The van der Waals surface area contributed by atoms with Gasteiger partial charge in [-0.2, -0.15) is 0 Å². The van der Waals surface area contributed by atoms with Crippen molar-refractivity contribution in [1.29, 1.82) is 0 Å². The molecule has 0 aliphatic heterocycles. The number of non-ortho nitro benzene ring substituents is 1. The van der Waals surface area contributed by atoms with Crippen molar-refractivity contribution >= 4 is 11.7 Å². The van der Waals surface area contributed by atoms with E-state index in [4.69, 9.17) is 4.74 Å². The fraction of sp³-hybridized carbons (Fsp3) is 0.500. The van der Waals surface area contributed by atoms with Gasteiger partial charge in [-0.05, 0) is 32.0 Å². The van der Waals surface area contributed by atoms with Crippen molar-refractivity contribution in [2.24, 2.45) is 0 Å². The molecule has 0 fully saturated rings. The predicted octanol–water partition coefficient (Wildman–Crippen LogP) is 2.29. The van der Waals surface area contributed by atoms with E-state index in [0.717, 1.165) is 0 Å². The summed E-state index contributed by atoms with van der Waals surface area (Å²) in [4.78, 5) is 23.5. The summed E-state index contributed by atoms with van der Waals surface area (Å²) in [6.07, 6.45) is 0. The summed E-state index contributed by atoms with van der Waals surface area (Å²) in [6, 6.07) is 4.44. The number of nitro groups is 1. The molecule has 0 saturated heterocycles. The number of carboxylic acid groups (broad SMARTS) is 1. The first-order valence-electron chi connectivity index (χ1n) is 6.53. The molecule has 1 aromatic rings. The molecule has 1 N–H and O–H groups in total. The molecule has 0 radical (unpaired) electrons. The number of nitrogens with zero attached hydrogens (tertiary/aromatic N) is 2. The van der Waals surface area contributed by atoms with E-state index in [0.29, 0.717) is 17.9 Å². The van der Waals surface area contributed by atoms with Crippen molar-refractivity contribution in [3.05, 3.63) is 33.9 Å². The van der Waals surface area contributed by atoms with Gasteiger partial charge in [0.1, 0.15) is 11.3 Å². The van der Waals surface area contributed by atoms with Gasteiger partial charge in [0.2, 0.25) is 0 Å². The monoisotopic (exact) mass is 296 g/mol. The van der Waals surface area contributed by atoms with Crippen LogP contribution in [-0.4, -0.2) is 40.1 Å². The Labute approximate surface area is 123 Å². The van der Waals surface area contributed by atoms with Crippen LogP contribution in [0.1, 0.15) is 26.3 Å². The number of hydrogen-bond acceptors (Lipinski definition) is 5. The van der Waals surface area contributed by atoms with Crippen molar-refractivity contribution in [3.63, 3.8) is 0 Å². The van der Waals surface area contributed by atoms with Crippen molar-refractivity contribution in [2.75, 3.05) is 13.7 Å². The van der Waals surface area contributed by atoms with E-state index in [9.17, 15) is 20.0 Å². The number of likely N-dealkylation sites (N-methyl/N-ethyl adjacent to an activating group) is 1. The van der Waals surface area contributed by atoms with Crippen molar-refractivity contribution in [1.82, 2.24) is 4.90 Å². The molecule has 21 heavy (non-hydrogen) atoms. The zero-order chi connectivity index (χ0) is 16.2. The van der Waals surface area contributed by atoms with Gasteiger partial charge in [0.25, 0.3) is 5.69 Å². The molecule has 0 saturated carbocycles. The van der Waals surface area contributed by atoms with Gasteiger partial charge >= 0.3 is 5.97 Å². The molecule has 0 spiro atoms. The molecule has 0 unspecified atom stereocenters. The fourth-order valence-electron chi connectivity index (χ4n) is 2.02. The molecule has 0 aliphatic rings. The second kappa shape index (κ2) is 6.53. The number of aliphatic carboxylic acids is 1. The summed E-state index contributed by atoms with van der Waals surface area (Å²) < 4.78 is 5.05. The van der Waals surface area contributed by atoms with Crippen LogP contribution >= 0.6 is 0 Å². The van der Waals surface area contributed by atoms with Crippen LogP contribution in [0.25, 0.3) is 0 Å². The lowest BCUT2D eigenvalue weighted by Crippen LogP contribution is -2.49. The summed E-state index contributed by atoms with van der Waals surface area (Å²) in [5.41, 5.74) is -0.502. The van der Waals surface area contributed by atoms with Crippen LogP contribution in [0.4, 0.5) is 5.69 Å². The largest absolute Gasteiger partial charge is 0.496 e. The summed E-state index contributed by atoms with van der Waals surface area (Å²) >= 11 is 0. The number of carbonyl (C=O) groups is 1. The molecule has 0 amide bonds. The predicted molar refractivity (Wildman–Crippen MR) is 77.4 cm³/mol. The van der Waals surface area contributed by atoms with E-state index >= 15 is 0 Å². The third-order valence-corrected chi connectivity index (χ3v) is 3.47. The number of nitro benzene ring substituents is 1. The minimum absolute atomic E-state index is 0.0754. The molecule has 1 aromatic carbocycles. The number of benzene rings is 1. The van der Waals surface area contributed by atoms with E-state index in [1.54, 1.807) is 24.8 Å². The Bertz CT molecular complexity index is 542. The number of ether oxygens (including phenoxy) is 1. The van der Waals surface area contributed by atoms with Crippen LogP contribution in [0.5, 0.6) is 5.75 Å². The first-order valence-corrected chi connectivity index (χ1v) is 6.53. The molecular formula is C14H20N2O5. The minimum Gasteiger partial charge on any atom is -0.496 e. The van der Waals surface area contributed by atoms with Gasteiger partial charge in [-0.3, -0.25) is 19.8 Å². The number of hydrogen-bond donors (Lipinski definition) is 1. The maximum Gasteiger partial charge on any atom is 0.323 e. The fourth-order valence-corrected chi connectivity index (χ4v) is 2.02. The zero-order valence-corrected chi connectivity index (χ0v) is 12.6. The molecule has 0 aromatic heterocycles. The Balaban J connectivity index is 3.13. The average molecular weight is 296 g/mol. The third-order valence-electron chi connectivity index (χ3n) is 3.47. The summed E-state index contributed by atoms with van der Waals surface area (Å²) in [7, 11) is 1.43. The van der Waals surface area contributed by atoms with Crippen LogP contribution in [-0.2, 0) is 11.3 Å². The molecule has 0 aliphatic carbocycles. The molecular weight excluding hydrogens is 276 g/mol. The van der Waals surface area contributed by atoms with Gasteiger partial charge in [-0.1, -0.05) is 6.92 Å². The highest BCUT2D eigenvalue weighted by molar-refractivity contribution is 5.77. The summed E-state index contributed by atoms with van der Waals surface area (Å²) in [5.74, 6) is -0.565. The lowest BCUT2D eigenvalue weighted by atomic mass is 10.0. The topological polar surface area (TPSA) is 92.9 Å². The van der Waals surface area contributed by atoms with Crippen molar-refractivity contribution < 1.29 is 19.6 Å². The van der Waals surface area contributed by atoms with Crippen molar-refractivity contribution in [3.8, 4) is 5.75 Å². The normalized spacial score (nSPS) is 11.5. The Morgan fingerprint density at radius 3 is 2.48 bits per heavy atom. The van der Waals surface area contributed by atoms with Gasteiger partial charge in [0.15, 0.2) is 0 Å². The van der Waals surface area contributed by atoms with Crippen LogP contribution in [0, 0.1) is 10.1 Å². The Morgan fingerprint density at radius 1 is 1.43 bits per heavy atom. The maximum absolute atomic E-state index is 11.3. The molecule has 7 heteroatoms. The number of carboxylic acids is 1. The quantitative estimate of drug-likeness (QED) is 0.613. The standard InChI is InChI=1S/C14H20N2O5/c1-5-15(14(2,3)13(17)18)9-10-6-11(16(19)20)8-12(7-10)21-4/h6-8H,5,9H2,1-4H3,(H,17,18). The van der Waals surface area contributed by atoms with E-state index in [1.165, 1.54) is 19.2 Å². The number of methoxy groups -OCH3 is 1. The van der Waals surface area contributed by atoms with Gasteiger partial charge in [0.05, 0.1) is 18.1 Å². The molecule has 0 heterocycles. The highest BCUT2D eigenvalue weighted by atomic mass is 16.6. The van der Waals surface area contributed by atoms with E-state index in [2.05, 4.69) is 0 Å². The van der Waals surface area contributed by atoms with Crippen molar-refractivity contribution in [2.45, 2.75) is 32.9 Å². The molecule has 7 nitrogen and oxygen atoms in total. The van der Waals surface area contributed by atoms with Gasteiger partial charge < -0.3 is 9.84 Å². The highest BCUT2D eigenvalue weighted by Gasteiger charge is 2.33. The van der Waals surface area contributed by atoms with Crippen LogP contribution in [0.3, 0.4) is 0 Å². The van der Waals surface area contributed by atoms with E-state index < -0.39 is 16.4 Å². The van der Waals surface area contributed by atoms with E-state index in [1.807, 2.05) is 6.92 Å². The highest BCUT2D eigenvalue weighted by Crippen LogP contribution is 2.25. The summed E-state index contributed by atoms with van der Waals surface area (Å²) in [6.45, 7) is 5.85. The first kappa shape index (κ1) is 16.9. The summed E-state index contributed by atoms with van der Waals surface area (Å²) in [5, 5.41) is 20.2. The van der Waals surface area contributed by atoms with Crippen LogP contribution in [0.2, 0.25) is 0 Å². The SMILES string of the molecule is CCN(Cc1cc(OC)cc([N+](=O)[O-])c1)C(C)(C)C(=O)O. The van der Waals surface area contributed by atoms with Crippen LogP contribution in [0.15, 0.2) is 18.2 Å². The maximum atomic E-state index is 11.3. The molecule has 0 bridgehead atoms. The van der Waals surface area contributed by atoms with E-state index in [-0.39, 0.29) is 12.2 Å². The Kier molecular flexibility index (Phi) is 5.26. The Morgan fingerprint density at radius 2 is 2.05 bits per heavy atom. The van der Waals surface area contributed by atoms with Crippen LogP contribution < -0.4 is 4.74 Å². The number of rotatable bonds is 7. The molecule has 0 atom stereocenters. The lowest BCUT2D eigenvalue weighted by Gasteiger charge is -2.34. The van der Waals surface area contributed by atoms with Gasteiger partial charge in [0, 0.05) is 12.6 Å². The van der Waals surface area contributed by atoms with Gasteiger partial charge in [-0.25, -0.2) is 0 Å². The Hall–Kier alpha value is -2.15. The lowest BCUT2D eigenvalue weighted by molar-refractivity contribution is -0.385. The molecule has 116 valence electrons. The second-order valence-corrected chi connectivity index (χ2v) is 5.17.